The van der Waals surface area contributed by atoms with Crippen LogP contribution in [0.5, 0.6) is 0 Å². The Kier molecular flexibility index (Phi) is 5.92. The van der Waals surface area contributed by atoms with Crippen molar-refractivity contribution < 1.29 is 9.53 Å². The predicted molar refractivity (Wildman–Crippen MR) is 115 cm³/mol. The third-order valence-corrected chi connectivity index (χ3v) is 5.59. The standard InChI is InChI=1S/C23H28N4O2/c1-3-27-17(2)24-20-15-19(9-10-21(20)27)25-23(28)16-22(18-7-5-4-6-8-18)26-11-13-29-14-12-26/h4-10,15,22H,3,11-14,16H2,1-2H3,(H,25,28). The number of hydrogen-bond donors (Lipinski definition) is 1. The number of nitrogens with zero attached hydrogens (tertiary/aromatic N) is 3. The van der Waals surface area contributed by atoms with Gasteiger partial charge in [0.1, 0.15) is 5.82 Å². The Bertz CT molecular complexity index is 977. The molecule has 3 aromatic rings. The Morgan fingerprint density at radius 2 is 1.93 bits per heavy atom. The predicted octanol–water partition coefficient (Wildman–Crippen LogP) is 3.77. The average Bonchev–Trinajstić information content (AvgIpc) is 3.07. The number of rotatable bonds is 6. The lowest BCUT2D eigenvalue weighted by molar-refractivity contribution is -0.118. The van der Waals surface area contributed by atoms with Gasteiger partial charge in [-0.25, -0.2) is 4.98 Å². The van der Waals surface area contributed by atoms with Crippen molar-refractivity contribution in [3.05, 3.63) is 59.9 Å². The molecule has 0 radical (unpaired) electrons. The number of fused-ring (bicyclic) bond motifs is 1. The molecule has 1 amide bonds. The molecule has 0 aliphatic carbocycles. The van der Waals surface area contributed by atoms with Crippen molar-refractivity contribution in [2.45, 2.75) is 32.9 Å². The normalized spacial score (nSPS) is 16.1. The fraction of sp³-hybridized carbons (Fsp3) is 0.391. The maximum absolute atomic E-state index is 12.9. The van der Waals surface area contributed by atoms with Crippen molar-refractivity contribution in [3.8, 4) is 0 Å². The highest BCUT2D eigenvalue weighted by Crippen LogP contribution is 2.26. The summed E-state index contributed by atoms with van der Waals surface area (Å²) in [4.78, 5) is 19.9. The summed E-state index contributed by atoms with van der Waals surface area (Å²) in [5, 5.41) is 3.07. The first-order valence-electron chi connectivity index (χ1n) is 10.3. The molecule has 2 heterocycles. The van der Waals surface area contributed by atoms with E-state index in [0.29, 0.717) is 19.6 Å². The van der Waals surface area contributed by atoms with Gasteiger partial charge in [0.05, 0.1) is 24.2 Å². The monoisotopic (exact) mass is 392 g/mol. The van der Waals surface area contributed by atoms with Crippen LogP contribution in [-0.4, -0.2) is 46.7 Å². The molecule has 1 aliphatic rings. The van der Waals surface area contributed by atoms with E-state index >= 15 is 0 Å². The van der Waals surface area contributed by atoms with Gasteiger partial charge in [0, 0.05) is 37.8 Å². The van der Waals surface area contributed by atoms with Crippen molar-refractivity contribution in [3.63, 3.8) is 0 Å². The summed E-state index contributed by atoms with van der Waals surface area (Å²) in [6, 6.07) is 16.3. The third kappa shape index (κ3) is 4.33. The number of hydrogen-bond acceptors (Lipinski definition) is 4. The molecule has 6 nitrogen and oxygen atoms in total. The number of morpholine rings is 1. The van der Waals surface area contributed by atoms with Crippen LogP contribution in [0.4, 0.5) is 5.69 Å². The van der Waals surface area contributed by atoms with E-state index in [2.05, 4.69) is 38.8 Å². The van der Waals surface area contributed by atoms with Crippen LogP contribution in [-0.2, 0) is 16.1 Å². The van der Waals surface area contributed by atoms with Gasteiger partial charge >= 0.3 is 0 Å². The van der Waals surface area contributed by atoms with Crippen LogP contribution in [0.15, 0.2) is 48.5 Å². The molecule has 2 aromatic carbocycles. The summed E-state index contributed by atoms with van der Waals surface area (Å²) in [5.74, 6) is 0.999. The molecule has 152 valence electrons. The number of imidazole rings is 1. The van der Waals surface area contributed by atoms with Gasteiger partial charge in [-0.15, -0.1) is 0 Å². The number of ether oxygens (including phenoxy) is 1. The number of aryl methyl sites for hydroxylation is 2. The molecule has 0 spiro atoms. The summed E-state index contributed by atoms with van der Waals surface area (Å²) in [6.07, 6.45) is 0.407. The van der Waals surface area contributed by atoms with E-state index in [1.807, 2.05) is 43.3 Å². The van der Waals surface area contributed by atoms with Crippen molar-refractivity contribution in [2.24, 2.45) is 0 Å². The van der Waals surface area contributed by atoms with E-state index in [-0.39, 0.29) is 11.9 Å². The van der Waals surface area contributed by atoms with E-state index in [0.717, 1.165) is 47.7 Å². The molecule has 1 atom stereocenters. The largest absolute Gasteiger partial charge is 0.379 e. The van der Waals surface area contributed by atoms with Crippen molar-refractivity contribution >= 4 is 22.6 Å². The highest BCUT2D eigenvalue weighted by molar-refractivity contribution is 5.93. The van der Waals surface area contributed by atoms with Gasteiger partial charge in [0.2, 0.25) is 5.91 Å². The smallest absolute Gasteiger partial charge is 0.226 e. The Hall–Kier alpha value is -2.70. The first kappa shape index (κ1) is 19.6. The maximum Gasteiger partial charge on any atom is 0.226 e. The molecule has 0 saturated carbocycles. The number of carbonyl (C=O) groups is 1. The van der Waals surface area contributed by atoms with E-state index in [4.69, 9.17) is 4.74 Å². The zero-order chi connectivity index (χ0) is 20.2. The van der Waals surface area contributed by atoms with Gasteiger partial charge in [-0.3, -0.25) is 9.69 Å². The van der Waals surface area contributed by atoms with Crippen molar-refractivity contribution in [1.29, 1.82) is 0 Å². The first-order valence-corrected chi connectivity index (χ1v) is 10.3. The molecule has 1 aromatic heterocycles. The molecule has 0 bridgehead atoms. The minimum Gasteiger partial charge on any atom is -0.379 e. The molecule has 1 fully saturated rings. The third-order valence-electron chi connectivity index (χ3n) is 5.59. The highest BCUT2D eigenvalue weighted by atomic mass is 16.5. The SMILES string of the molecule is CCn1c(C)nc2cc(NC(=O)CC(c3ccccc3)N3CCOCC3)ccc21. The van der Waals surface area contributed by atoms with Crippen LogP contribution in [0.2, 0.25) is 0 Å². The van der Waals surface area contributed by atoms with Gasteiger partial charge in [0.25, 0.3) is 0 Å². The summed E-state index contributed by atoms with van der Waals surface area (Å²) < 4.78 is 7.67. The van der Waals surface area contributed by atoms with Crippen LogP contribution in [0.1, 0.15) is 30.8 Å². The fourth-order valence-electron chi connectivity index (χ4n) is 4.14. The molecule has 1 N–H and O–H groups in total. The molecule has 4 rings (SSSR count). The zero-order valence-corrected chi connectivity index (χ0v) is 17.1. The Balaban J connectivity index is 1.51. The maximum atomic E-state index is 12.9. The van der Waals surface area contributed by atoms with Crippen molar-refractivity contribution in [1.82, 2.24) is 14.5 Å². The summed E-state index contributed by atoms with van der Waals surface area (Å²) in [5.41, 5.74) is 3.96. The van der Waals surface area contributed by atoms with Crippen LogP contribution < -0.4 is 5.32 Å². The number of amides is 1. The van der Waals surface area contributed by atoms with Crippen LogP contribution in [0, 0.1) is 6.92 Å². The van der Waals surface area contributed by atoms with Gasteiger partial charge in [0.15, 0.2) is 0 Å². The van der Waals surface area contributed by atoms with E-state index in [1.54, 1.807) is 0 Å². The van der Waals surface area contributed by atoms with Gasteiger partial charge in [-0.05, 0) is 37.6 Å². The quantitative estimate of drug-likeness (QED) is 0.694. The van der Waals surface area contributed by atoms with E-state index in [9.17, 15) is 4.79 Å². The summed E-state index contributed by atoms with van der Waals surface area (Å²) in [6.45, 7) is 8.10. The molecular weight excluding hydrogens is 364 g/mol. The first-order chi connectivity index (χ1) is 14.2. The minimum atomic E-state index is 0.0105. The molecular formula is C23H28N4O2. The molecule has 6 heteroatoms. The van der Waals surface area contributed by atoms with Gasteiger partial charge in [-0.1, -0.05) is 30.3 Å². The van der Waals surface area contributed by atoms with Crippen LogP contribution in [0.25, 0.3) is 11.0 Å². The van der Waals surface area contributed by atoms with E-state index < -0.39 is 0 Å². The Morgan fingerprint density at radius 3 is 2.66 bits per heavy atom. The number of benzene rings is 2. The van der Waals surface area contributed by atoms with Crippen molar-refractivity contribution in [2.75, 3.05) is 31.6 Å². The lowest BCUT2D eigenvalue weighted by atomic mass is 10.0. The average molecular weight is 393 g/mol. The molecule has 1 saturated heterocycles. The van der Waals surface area contributed by atoms with Crippen LogP contribution >= 0.6 is 0 Å². The lowest BCUT2D eigenvalue weighted by Crippen LogP contribution is -2.40. The molecule has 29 heavy (non-hydrogen) atoms. The van der Waals surface area contributed by atoms with Gasteiger partial charge in [-0.2, -0.15) is 0 Å². The lowest BCUT2D eigenvalue weighted by Gasteiger charge is -2.34. The van der Waals surface area contributed by atoms with Crippen LogP contribution in [0.3, 0.4) is 0 Å². The molecule has 1 aliphatic heterocycles. The Morgan fingerprint density at radius 1 is 1.17 bits per heavy atom. The number of aromatic nitrogens is 2. The van der Waals surface area contributed by atoms with E-state index in [1.165, 1.54) is 0 Å². The number of nitrogens with one attached hydrogen (secondary N) is 1. The highest BCUT2D eigenvalue weighted by Gasteiger charge is 2.25. The minimum absolute atomic E-state index is 0.0105. The second-order valence-corrected chi connectivity index (χ2v) is 7.43. The molecule has 1 unspecified atom stereocenters. The summed E-state index contributed by atoms with van der Waals surface area (Å²) >= 11 is 0. The number of anilines is 1. The topological polar surface area (TPSA) is 59.4 Å². The van der Waals surface area contributed by atoms with Gasteiger partial charge < -0.3 is 14.6 Å². The Labute approximate surface area is 171 Å². The second kappa shape index (κ2) is 8.76. The number of carbonyl (C=O) groups excluding carboxylic acids is 1. The summed E-state index contributed by atoms with van der Waals surface area (Å²) in [7, 11) is 0. The second-order valence-electron chi connectivity index (χ2n) is 7.43. The fourth-order valence-corrected chi connectivity index (χ4v) is 4.14. The zero-order valence-electron chi connectivity index (χ0n) is 17.1.